The quantitative estimate of drug-likeness (QED) is 0.0803. The molecule has 53 heavy (non-hydrogen) atoms. The Balaban J connectivity index is 1.44. The second kappa shape index (κ2) is 14.6. The summed E-state index contributed by atoms with van der Waals surface area (Å²) in [5.74, 6) is -1.56. The van der Waals surface area contributed by atoms with E-state index >= 15 is 0 Å². The zero-order chi connectivity index (χ0) is 39.0. The van der Waals surface area contributed by atoms with Crippen LogP contribution in [-0.4, -0.2) is 56.5 Å². The molecule has 0 heterocycles. The summed E-state index contributed by atoms with van der Waals surface area (Å²) in [7, 11) is -15.7. The minimum atomic E-state index is -5.35. The van der Waals surface area contributed by atoms with Gasteiger partial charge in [-0.25, -0.2) is 0 Å². The molecule has 0 saturated carbocycles. The maximum absolute atomic E-state index is 13.4. The molecule has 0 aliphatic heterocycles. The SMILES string of the molecule is CCc1cc(C)ccc1C(=O)Cc1cc(C(=O)Nc2cccc(C(=O)Nc3ccc(S(=O)(=O)O)c4cc(S(=O)(=O)O)cc(S(=O)(=O)O)c34)c2)ccc1C. The maximum atomic E-state index is 13.4. The molecule has 0 fully saturated rings. The van der Waals surface area contributed by atoms with Crippen molar-refractivity contribution in [3.05, 3.63) is 124 Å². The molecular weight excluding hydrogens is 749 g/mol. The molecule has 0 saturated heterocycles. The fourth-order valence-electron chi connectivity index (χ4n) is 5.77. The molecule has 0 spiro atoms. The van der Waals surface area contributed by atoms with E-state index in [2.05, 4.69) is 10.6 Å². The number of ketones is 1. The van der Waals surface area contributed by atoms with Gasteiger partial charge in [-0.1, -0.05) is 42.8 Å². The summed E-state index contributed by atoms with van der Waals surface area (Å²) in [4.78, 5) is 36.7. The van der Waals surface area contributed by atoms with Crippen molar-refractivity contribution >= 4 is 70.1 Å². The average Bonchev–Trinajstić information content (AvgIpc) is 3.07. The molecule has 5 rings (SSSR count). The normalized spacial score (nSPS) is 12.0. The molecule has 0 atom stereocenters. The van der Waals surface area contributed by atoms with E-state index < -0.39 is 73.3 Å². The van der Waals surface area contributed by atoms with Crippen molar-refractivity contribution in [3.8, 4) is 0 Å². The number of benzene rings is 5. The van der Waals surface area contributed by atoms with E-state index in [4.69, 9.17) is 0 Å². The Morgan fingerprint density at radius 2 is 1.30 bits per heavy atom. The van der Waals surface area contributed by atoms with Gasteiger partial charge in [-0.15, -0.1) is 0 Å². The van der Waals surface area contributed by atoms with E-state index in [-0.39, 0.29) is 29.0 Å². The van der Waals surface area contributed by atoms with Crippen molar-refractivity contribution in [3.63, 3.8) is 0 Å². The first-order chi connectivity index (χ1) is 24.7. The van der Waals surface area contributed by atoms with Crippen LogP contribution in [0.4, 0.5) is 11.4 Å². The number of carbonyl (C=O) groups excluding carboxylic acids is 3. The number of carbonyl (C=O) groups is 3. The van der Waals surface area contributed by atoms with Crippen molar-refractivity contribution in [2.45, 2.75) is 48.3 Å². The minimum Gasteiger partial charge on any atom is -0.322 e. The highest BCUT2D eigenvalue weighted by atomic mass is 32.2. The molecule has 276 valence electrons. The van der Waals surface area contributed by atoms with Crippen molar-refractivity contribution in [2.75, 3.05) is 10.6 Å². The van der Waals surface area contributed by atoms with Crippen LogP contribution in [0.15, 0.2) is 99.6 Å². The van der Waals surface area contributed by atoms with Crippen molar-refractivity contribution in [1.82, 2.24) is 0 Å². The smallest absolute Gasteiger partial charge is 0.295 e. The molecule has 5 aromatic carbocycles. The van der Waals surface area contributed by atoms with Gasteiger partial charge in [0.25, 0.3) is 42.2 Å². The van der Waals surface area contributed by atoms with Crippen molar-refractivity contribution < 1.29 is 53.3 Å². The topological polar surface area (TPSA) is 238 Å². The number of aryl methyl sites for hydroxylation is 3. The predicted octanol–water partition coefficient (Wildman–Crippen LogP) is 5.69. The average molecular weight is 781 g/mol. The summed E-state index contributed by atoms with van der Waals surface area (Å²) in [5, 5.41) is 3.59. The van der Waals surface area contributed by atoms with E-state index in [1.165, 1.54) is 24.3 Å². The molecule has 17 heteroatoms. The monoisotopic (exact) mass is 780 g/mol. The molecule has 2 amide bonds. The zero-order valence-corrected chi connectivity index (χ0v) is 30.7. The fraction of sp³-hybridized carbons (Fsp3) is 0.139. The van der Waals surface area contributed by atoms with Gasteiger partial charge in [0.05, 0.1) is 10.6 Å². The molecule has 0 unspecified atom stereocenters. The third-order valence-corrected chi connectivity index (χ3v) is 11.0. The van der Waals surface area contributed by atoms with E-state index in [1.807, 2.05) is 32.9 Å². The molecule has 5 aromatic rings. The molecule has 0 aliphatic carbocycles. The number of anilines is 2. The Bertz CT molecular complexity index is 2690. The standard InChI is InChI=1S/C36H32N2O12S3/c1-4-22-14-20(2)8-11-28(22)31(39)17-25-15-24(10-9-21(25)3)35(40)37-26-7-5-6-23(16-26)36(41)38-30-12-13-32(52(45,46)47)29-18-27(51(42,43)44)19-33(34(29)30)53(48,49)50/h5-16,18-19H,4,17H2,1-3H3,(H,37,40)(H,38,41)(H,42,43,44)(H,45,46,47)(H,48,49,50). The van der Waals surface area contributed by atoms with E-state index in [1.54, 1.807) is 24.3 Å². The summed E-state index contributed by atoms with van der Waals surface area (Å²) in [6, 6.07) is 18.6. The van der Waals surface area contributed by atoms with Gasteiger partial charge in [0.2, 0.25) is 0 Å². The number of fused-ring (bicyclic) bond motifs is 1. The number of hydrogen-bond acceptors (Lipinski definition) is 9. The highest BCUT2D eigenvalue weighted by molar-refractivity contribution is 7.87. The van der Waals surface area contributed by atoms with Crippen LogP contribution in [0.5, 0.6) is 0 Å². The van der Waals surface area contributed by atoms with Crippen LogP contribution in [0.3, 0.4) is 0 Å². The van der Waals surface area contributed by atoms with Crippen LogP contribution in [0.25, 0.3) is 10.8 Å². The number of Topliss-reactive ketones (excluding diaryl/α,β-unsaturated/α-hetero) is 1. The molecule has 0 bridgehead atoms. The summed E-state index contributed by atoms with van der Waals surface area (Å²) in [6.45, 7) is 5.75. The maximum Gasteiger partial charge on any atom is 0.295 e. The summed E-state index contributed by atoms with van der Waals surface area (Å²) in [6.07, 6.45) is 0.747. The highest BCUT2D eigenvalue weighted by Crippen LogP contribution is 2.37. The Morgan fingerprint density at radius 1 is 0.642 bits per heavy atom. The molecule has 0 aliphatic rings. The van der Waals surface area contributed by atoms with Crippen LogP contribution in [0.1, 0.15) is 60.3 Å². The van der Waals surface area contributed by atoms with Gasteiger partial charge in [-0.3, -0.25) is 28.0 Å². The molecule has 0 aromatic heterocycles. The lowest BCUT2D eigenvalue weighted by Gasteiger charge is -2.15. The van der Waals surface area contributed by atoms with E-state index in [9.17, 15) is 53.3 Å². The van der Waals surface area contributed by atoms with Gasteiger partial charge >= 0.3 is 0 Å². The third-order valence-electron chi connectivity index (χ3n) is 8.40. The van der Waals surface area contributed by atoms with Gasteiger partial charge in [0.15, 0.2) is 5.78 Å². The highest BCUT2D eigenvalue weighted by Gasteiger charge is 2.27. The Kier molecular flexibility index (Phi) is 10.7. The van der Waals surface area contributed by atoms with Gasteiger partial charge in [-0.05, 0) is 91.6 Å². The van der Waals surface area contributed by atoms with E-state index in [0.717, 1.165) is 28.8 Å². The van der Waals surface area contributed by atoms with Gasteiger partial charge in [0, 0.05) is 39.6 Å². The summed E-state index contributed by atoms with van der Waals surface area (Å²) < 4.78 is 102. The van der Waals surface area contributed by atoms with Crippen LogP contribution < -0.4 is 10.6 Å². The molecule has 14 nitrogen and oxygen atoms in total. The third kappa shape index (κ3) is 8.68. The number of nitrogens with one attached hydrogen (secondary N) is 2. The Morgan fingerprint density at radius 3 is 1.94 bits per heavy atom. The number of rotatable bonds is 11. The number of hydrogen-bond donors (Lipinski definition) is 5. The van der Waals surface area contributed by atoms with Gasteiger partial charge < -0.3 is 10.6 Å². The largest absolute Gasteiger partial charge is 0.322 e. The first-order valence-electron chi connectivity index (χ1n) is 15.7. The lowest BCUT2D eigenvalue weighted by molar-refractivity contribution is 0.0987. The molecular formula is C36H32N2O12S3. The van der Waals surface area contributed by atoms with Crippen LogP contribution >= 0.6 is 0 Å². The van der Waals surface area contributed by atoms with Gasteiger partial charge in [-0.2, -0.15) is 25.3 Å². The zero-order valence-electron chi connectivity index (χ0n) is 28.2. The van der Waals surface area contributed by atoms with Crippen LogP contribution in [-0.2, 0) is 43.2 Å². The predicted molar refractivity (Wildman–Crippen MR) is 196 cm³/mol. The number of amides is 2. The Labute approximate surface area is 305 Å². The first-order valence-corrected chi connectivity index (χ1v) is 20.0. The fourth-order valence-corrected chi connectivity index (χ4v) is 7.81. The molecule has 0 radical (unpaired) electrons. The Hall–Kier alpha value is -5.30. The second-order valence-electron chi connectivity index (χ2n) is 12.1. The molecule has 5 N–H and O–H groups in total. The van der Waals surface area contributed by atoms with Crippen molar-refractivity contribution in [1.29, 1.82) is 0 Å². The van der Waals surface area contributed by atoms with Crippen LogP contribution in [0, 0.1) is 13.8 Å². The summed E-state index contributed by atoms with van der Waals surface area (Å²) in [5.41, 5.74) is 3.93. The summed E-state index contributed by atoms with van der Waals surface area (Å²) >= 11 is 0. The lowest BCUT2D eigenvalue weighted by Crippen LogP contribution is -2.16. The first kappa shape index (κ1) is 38.9. The van der Waals surface area contributed by atoms with Crippen LogP contribution in [0.2, 0.25) is 0 Å². The lowest BCUT2D eigenvalue weighted by atomic mass is 9.93. The van der Waals surface area contributed by atoms with Gasteiger partial charge in [0.1, 0.15) is 9.79 Å². The van der Waals surface area contributed by atoms with E-state index in [0.29, 0.717) is 29.7 Å². The van der Waals surface area contributed by atoms with Crippen molar-refractivity contribution in [2.24, 2.45) is 0 Å². The second-order valence-corrected chi connectivity index (χ2v) is 16.3. The minimum absolute atomic E-state index is 0.0645.